The molecule has 0 unspecified atom stereocenters. The molecule has 0 saturated heterocycles. The minimum Gasteiger partial charge on any atom is -0.329 e. The van der Waals surface area contributed by atoms with Crippen molar-refractivity contribution in [1.82, 2.24) is 24.9 Å². The first-order valence-corrected chi connectivity index (χ1v) is 8.29. The number of imidazole rings is 1. The van der Waals surface area contributed by atoms with Crippen molar-refractivity contribution in [2.24, 2.45) is 0 Å². The number of hydrogen-bond acceptors (Lipinski definition) is 5. The number of nitrogens with zero attached hydrogens (tertiary/aromatic N) is 4. The standard InChI is InChI=1S/C18H13N5S/c1-11-4-3-5-14-12(2)21-15(23-16(11)14)7-6-13-10-20-17(22-13)18-19-8-9-24-18/h3-5,8-10H,1-2H3,(H,20,22). The predicted molar refractivity (Wildman–Crippen MR) is 94.7 cm³/mol. The van der Waals surface area contributed by atoms with Gasteiger partial charge in [0.25, 0.3) is 0 Å². The molecule has 5 nitrogen and oxygen atoms in total. The van der Waals surface area contributed by atoms with Crippen LogP contribution in [0.5, 0.6) is 0 Å². The molecule has 0 spiro atoms. The van der Waals surface area contributed by atoms with Crippen molar-refractivity contribution in [3.63, 3.8) is 0 Å². The van der Waals surface area contributed by atoms with Crippen molar-refractivity contribution in [3.8, 4) is 22.7 Å². The van der Waals surface area contributed by atoms with Gasteiger partial charge in [-0.1, -0.05) is 18.2 Å². The van der Waals surface area contributed by atoms with Crippen LogP contribution in [0.4, 0.5) is 0 Å². The van der Waals surface area contributed by atoms with Gasteiger partial charge in [0.05, 0.1) is 11.7 Å². The average molecular weight is 331 g/mol. The van der Waals surface area contributed by atoms with Gasteiger partial charge in [-0.05, 0) is 31.3 Å². The van der Waals surface area contributed by atoms with E-state index in [1.165, 1.54) is 11.3 Å². The molecular formula is C18H13N5S. The molecule has 0 radical (unpaired) electrons. The summed E-state index contributed by atoms with van der Waals surface area (Å²) in [6.45, 7) is 4.02. The zero-order valence-corrected chi connectivity index (χ0v) is 14.0. The predicted octanol–water partition coefficient (Wildman–Crippen LogP) is 3.49. The summed E-state index contributed by atoms with van der Waals surface area (Å²) < 4.78 is 0. The molecule has 116 valence electrons. The van der Waals surface area contributed by atoms with Crippen LogP contribution in [0.1, 0.15) is 22.8 Å². The van der Waals surface area contributed by atoms with Crippen molar-refractivity contribution in [2.45, 2.75) is 13.8 Å². The lowest BCUT2D eigenvalue weighted by Crippen LogP contribution is -1.96. The van der Waals surface area contributed by atoms with Gasteiger partial charge < -0.3 is 4.98 Å². The summed E-state index contributed by atoms with van der Waals surface area (Å²) in [5, 5.41) is 3.82. The number of aromatic amines is 1. The maximum Gasteiger partial charge on any atom is 0.206 e. The van der Waals surface area contributed by atoms with Gasteiger partial charge in [0.15, 0.2) is 10.8 Å². The van der Waals surface area contributed by atoms with E-state index in [-0.39, 0.29) is 0 Å². The number of rotatable bonds is 1. The van der Waals surface area contributed by atoms with E-state index in [0.717, 1.165) is 33.0 Å². The Labute approximate surface area is 142 Å². The lowest BCUT2D eigenvalue weighted by molar-refractivity contribution is 1.11. The van der Waals surface area contributed by atoms with Crippen LogP contribution in [0.25, 0.3) is 21.7 Å². The Morgan fingerprint density at radius 3 is 2.83 bits per heavy atom. The van der Waals surface area contributed by atoms with E-state index in [1.54, 1.807) is 12.4 Å². The summed E-state index contributed by atoms with van der Waals surface area (Å²) in [6, 6.07) is 6.09. The fourth-order valence-electron chi connectivity index (χ4n) is 2.46. The van der Waals surface area contributed by atoms with Crippen molar-refractivity contribution in [2.75, 3.05) is 0 Å². The van der Waals surface area contributed by atoms with Gasteiger partial charge in [0.2, 0.25) is 5.82 Å². The van der Waals surface area contributed by atoms with Crippen LogP contribution in [0.2, 0.25) is 0 Å². The Morgan fingerprint density at radius 2 is 2.00 bits per heavy atom. The molecule has 4 rings (SSSR count). The van der Waals surface area contributed by atoms with Crippen molar-refractivity contribution >= 4 is 22.2 Å². The summed E-state index contributed by atoms with van der Waals surface area (Å²) in [5.74, 6) is 7.29. The third-order valence-corrected chi connectivity index (χ3v) is 4.42. The Morgan fingerprint density at radius 1 is 1.08 bits per heavy atom. The molecule has 0 atom stereocenters. The Kier molecular flexibility index (Phi) is 3.56. The van der Waals surface area contributed by atoms with Crippen LogP contribution in [0.3, 0.4) is 0 Å². The van der Waals surface area contributed by atoms with Crippen LogP contribution in [-0.2, 0) is 0 Å². The smallest absolute Gasteiger partial charge is 0.206 e. The number of aromatic nitrogens is 5. The van der Waals surface area contributed by atoms with Gasteiger partial charge in [0, 0.05) is 22.7 Å². The van der Waals surface area contributed by atoms with Gasteiger partial charge in [-0.2, -0.15) is 0 Å². The summed E-state index contributed by atoms with van der Waals surface area (Å²) in [5.41, 5.74) is 3.71. The van der Waals surface area contributed by atoms with E-state index in [9.17, 15) is 0 Å². The molecule has 0 saturated carbocycles. The summed E-state index contributed by atoms with van der Waals surface area (Å²) in [6.07, 6.45) is 3.45. The average Bonchev–Trinajstić information content (AvgIpc) is 3.25. The van der Waals surface area contributed by atoms with Crippen molar-refractivity contribution in [1.29, 1.82) is 0 Å². The number of hydrogen-bond donors (Lipinski definition) is 1. The number of para-hydroxylation sites is 1. The van der Waals surface area contributed by atoms with E-state index in [4.69, 9.17) is 0 Å². The van der Waals surface area contributed by atoms with Crippen LogP contribution >= 0.6 is 11.3 Å². The molecule has 0 aliphatic heterocycles. The SMILES string of the molecule is Cc1nc(C#Cc2cnc(-c3nccs3)[nH]2)nc2c(C)cccc12. The second-order valence-electron chi connectivity index (χ2n) is 5.34. The fraction of sp³-hybridized carbons (Fsp3) is 0.111. The zero-order chi connectivity index (χ0) is 16.5. The molecule has 24 heavy (non-hydrogen) atoms. The molecule has 6 heteroatoms. The van der Waals surface area contributed by atoms with E-state index >= 15 is 0 Å². The van der Waals surface area contributed by atoms with Gasteiger partial charge in [-0.3, -0.25) is 0 Å². The highest BCUT2D eigenvalue weighted by molar-refractivity contribution is 7.13. The highest BCUT2D eigenvalue weighted by Crippen LogP contribution is 2.19. The number of benzene rings is 1. The second kappa shape index (κ2) is 5.87. The van der Waals surface area contributed by atoms with Crippen LogP contribution in [0, 0.1) is 25.7 Å². The monoisotopic (exact) mass is 331 g/mol. The Balaban J connectivity index is 1.71. The minimum atomic E-state index is 0.514. The molecule has 0 bridgehead atoms. The lowest BCUT2D eigenvalue weighted by atomic mass is 10.1. The van der Waals surface area contributed by atoms with Crippen molar-refractivity contribution < 1.29 is 0 Å². The number of nitrogens with one attached hydrogen (secondary N) is 1. The van der Waals surface area contributed by atoms with Gasteiger partial charge in [0.1, 0.15) is 5.69 Å². The topological polar surface area (TPSA) is 67.3 Å². The zero-order valence-electron chi connectivity index (χ0n) is 13.2. The molecule has 0 amide bonds. The highest BCUT2D eigenvalue weighted by Gasteiger charge is 2.06. The first-order valence-electron chi connectivity index (χ1n) is 7.41. The largest absolute Gasteiger partial charge is 0.329 e. The minimum absolute atomic E-state index is 0.514. The quantitative estimate of drug-likeness (QED) is 0.542. The summed E-state index contributed by atoms with van der Waals surface area (Å²) in [4.78, 5) is 20.7. The van der Waals surface area contributed by atoms with E-state index < -0.39 is 0 Å². The summed E-state index contributed by atoms with van der Waals surface area (Å²) >= 11 is 1.53. The molecule has 0 aliphatic rings. The summed E-state index contributed by atoms with van der Waals surface area (Å²) in [7, 11) is 0. The molecule has 0 aliphatic carbocycles. The normalized spacial score (nSPS) is 10.6. The third-order valence-electron chi connectivity index (χ3n) is 3.64. The number of fused-ring (bicyclic) bond motifs is 1. The molecule has 3 aromatic heterocycles. The number of aryl methyl sites for hydroxylation is 2. The maximum absolute atomic E-state index is 4.58. The molecular weight excluding hydrogens is 318 g/mol. The first-order chi connectivity index (χ1) is 11.7. The van der Waals surface area contributed by atoms with Gasteiger partial charge in [-0.15, -0.1) is 11.3 Å². The Hall–Kier alpha value is -3.04. The molecule has 4 aromatic rings. The van der Waals surface area contributed by atoms with Gasteiger partial charge >= 0.3 is 0 Å². The molecule has 0 fully saturated rings. The number of thiazole rings is 1. The molecule has 3 heterocycles. The van der Waals surface area contributed by atoms with E-state index in [1.807, 2.05) is 37.4 Å². The first kappa shape index (κ1) is 14.5. The fourth-order valence-corrected chi connectivity index (χ4v) is 3.05. The molecule has 1 aromatic carbocycles. The Bertz CT molecular complexity index is 1080. The van der Waals surface area contributed by atoms with Crippen LogP contribution in [-0.4, -0.2) is 24.9 Å². The maximum atomic E-state index is 4.58. The van der Waals surface area contributed by atoms with Gasteiger partial charge in [-0.25, -0.2) is 19.9 Å². The highest BCUT2D eigenvalue weighted by atomic mass is 32.1. The van der Waals surface area contributed by atoms with E-state index in [2.05, 4.69) is 36.8 Å². The lowest BCUT2D eigenvalue weighted by Gasteiger charge is -2.04. The van der Waals surface area contributed by atoms with Crippen LogP contribution < -0.4 is 0 Å². The number of H-pyrrole nitrogens is 1. The third kappa shape index (κ3) is 2.66. The van der Waals surface area contributed by atoms with Crippen LogP contribution in [0.15, 0.2) is 36.0 Å². The second-order valence-corrected chi connectivity index (χ2v) is 6.23. The van der Waals surface area contributed by atoms with E-state index in [0.29, 0.717) is 11.5 Å². The van der Waals surface area contributed by atoms with Crippen molar-refractivity contribution in [3.05, 3.63) is 58.7 Å². The molecule has 1 N–H and O–H groups in total.